The van der Waals surface area contributed by atoms with E-state index in [1.54, 1.807) is 0 Å². The van der Waals surface area contributed by atoms with Gasteiger partial charge < -0.3 is 5.32 Å². The second-order valence-electron chi connectivity index (χ2n) is 5.70. The van der Waals surface area contributed by atoms with Crippen LogP contribution in [0.25, 0.3) is 0 Å². The van der Waals surface area contributed by atoms with E-state index >= 15 is 0 Å². The Labute approximate surface area is 93.4 Å². The molecule has 3 aliphatic rings. The number of fused-ring (bicyclic) bond motifs is 1. The van der Waals surface area contributed by atoms with Crippen LogP contribution in [0.2, 0.25) is 0 Å². The second kappa shape index (κ2) is 4.42. The lowest BCUT2D eigenvalue weighted by Gasteiger charge is -2.41. The molecule has 0 aromatic carbocycles. The van der Waals surface area contributed by atoms with E-state index in [1.807, 2.05) is 0 Å². The highest BCUT2D eigenvalue weighted by molar-refractivity contribution is 4.93. The van der Waals surface area contributed by atoms with E-state index in [4.69, 9.17) is 0 Å². The van der Waals surface area contributed by atoms with Gasteiger partial charge in [0.2, 0.25) is 0 Å². The number of hydrogen-bond acceptors (Lipinski definition) is 2. The van der Waals surface area contributed by atoms with Gasteiger partial charge in [0.1, 0.15) is 0 Å². The Morgan fingerprint density at radius 3 is 2.67 bits per heavy atom. The molecule has 0 spiro atoms. The van der Waals surface area contributed by atoms with Gasteiger partial charge in [-0.05, 0) is 38.1 Å². The van der Waals surface area contributed by atoms with Gasteiger partial charge in [0, 0.05) is 25.2 Å². The normalized spacial score (nSPS) is 39.2. The average molecular weight is 208 g/mol. The molecule has 2 nitrogen and oxygen atoms in total. The van der Waals surface area contributed by atoms with Gasteiger partial charge in [-0.2, -0.15) is 0 Å². The van der Waals surface area contributed by atoms with Crippen molar-refractivity contribution >= 4 is 0 Å². The third-order valence-electron chi connectivity index (χ3n) is 4.76. The SMILES string of the molecule is C1CCC([C@H]2CN3CCC[C@@H]3CN2)CC1. The second-order valence-corrected chi connectivity index (χ2v) is 5.70. The fraction of sp³-hybridized carbons (Fsp3) is 1.00. The average Bonchev–Trinajstić information content (AvgIpc) is 2.77. The summed E-state index contributed by atoms with van der Waals surface area (Å²) in [7, 11) is 0. The zero-order valence-electron chi connectivity index (χ0n) is 9.75. The smallest absolute Gasteiger partial charge is 0.0224 e. The molecule has 0 amide bonds. The van der Waals surface area contributed by atoms with Crippen LogP contribution in [0.3, 0.4) is 0 Å². The fourth-order valence-corrected chi connectivity index (χ4v) is 3.82. The van der Waals surface area contributed by atoms with E-state index in [2.05, 4.69) is 10.2 Å². The maximum Gasteiger partial charge on any atom is 0.0224 e. The van der Waals surface area contributed by atoms with E-state index in [9.17, 15) is 0 Å². The Balaban J connectivity index is 1.58. The lowest BCUT2D eigenvalue weighted by atomic mass is 9.83. The molecule has 0 aromatic heterocycles. The molecule has 0 unspecified atom stereocenters. The van der Waals surface area contributed by atoms with E-state index in [0.29, 0.717) is 0 Å². The van der Waals surface area contributed by atoms with Crippen molar-refractivity contribution in [1.29, 1.82) is 0 Å². The van der Waals surface area contributed by atoms with Gasteiger partial charge in [-0.1, -0.05) is 19.3 Å². The Bertz CT molecular complexity index is 211. The Morgan fingerprint density at radius 1 is 0.933 bits per heavy atom. The highest BCUT2D eigenvalue weighted by Crippen LogP contribution is 2.30. The highest BCUT2D eigenvalue weighted by atomic mass is 15.2. The molecule has 1 saturated carbocycles. The van der Waals surface area contributed by atoms with E-state index < -0.39 is 0 Å². The Hall–Kier alpha value is -0.0800. The van der Waals surface area contributed by atoms with E-state index in [0.717, 1.165) is 18.0 Å². The zero-order chi connectivity index (χ0) is 10.1. The maximum atomic E-state index is 3.82. The van der Waals surface area contributed by atoms with Crippen LogP contribution in [-0.2, 0) is 0 Å². The van der Waals surface area contributed by atoms with Crippen LogP contribution in [0.5, 0.6) is 0 Å². The summed E-state index contributed by atoms with van der Waals surface area (Å²) in [4.78, 5) is 2.75. The van der Waals surface area contributed by atoms with Gasteiger partial charge in [0.25, 0.3) is 0 Å². The Kier molecular flexibility index (Phi) is 2.98. The minimum Gasteiger partial charge on any atom is -0.311 e. The van der Waals surface area contributed by atoms with Gasteiger partial charge in [-0.15, -0.1) is 0 Å². The number of hydrogen-bond donors (Lipinski definition) is 1. The lowest BCUT2D eigenvalue weighted by Crippen LogP contribution is -2.56. The summed E-state index contributed by atoms with van der Waals surface area (Å²) < 4.78 is 0. The van der Waals surface area contributed by atoms with Crippen molar-refractivity contribution in [3.05, 3.63) is 0 Å². The Morgan fingerprint density at radius 2 is 1.80 bits per heavy atom. The van der Waals surface area contributed by atoms with Crippen LogP contribution in [0.15, 0.2) is 0 Å². The third kappa shape index (κ3) is 2.07. The molecule has 0 radical (unpaired) electrons. The van der Waals surface area contributed by atoms with E-state index in [-0.39, 0.29) is 0 Å². The molecular formula is C13H24N2. The van der Waals surface area contributed by atoms with Gasteiger partial charge in [0.15, 0.2) is 0 Å². The molecule has 3 rings (SSSR count). The van der Waals surface area contributed by atoms with E-state index in [1.165, 1.54) is 64.6 Å². The monoisotopic (exact) mass is 208 g/mol. The molecule has 1 aliphatic carbocycles. The summed E-state index contributed by atoms with van der Waals surface area (Å²) in [6.07, 6.45) is 10.3. The summed E-state index contributed by atoms with van der Waals surface area (Å²) in [5.74, 6) is 0.986. The first-order valence-electron chi connectivity index (χ1n) is 6.91. The van der Waals surface area contributed by atoms with Crippen LogP contribution >= 0.6 is 0 Å². The van der Waals surface area contributed by atoms with Crippen LogP contribution in [0, 0.1) is 5.92 Å². The molecule has 15 heavy (non-hydrogen) atoms. The number of rotatable bonds is 1. The quantitative estimate of drug-likeness (QED) is 0.709. The topological polar surface area (TPSA) is 15.3 Å². The van der Waals surface area contributed by atoms with Crippen LogP contribution < -0.4 is 5.32 Å². The van der Waals surface area contributed by atoms with Crippen molar-refractivity contribution in [1.82, 2.24) is 10.2 Å². The van der Waals surface area contributed by atoms with Crippen molar-refractivity contribution in [3.63, 3.8) is 0 Å². The molecule has 3 fully saturated rings. The molecule has 0 bridgehead atoms. The van der Waals surface area contributed by atoms with Gasteiger partial charge in [-0.25, -0.2) is 0 Å². The van der Waals surface area contributed by atoms with Gasteiger partial charge in [-0.3, -0.25) is 4.90 Å². The predicted molar refractivity (Wildman–Crippen MR) is 63.0 cm³/mol. The summed E-state index contributed by atoms with van der Waals surface area (Å²) in [6, 6.07) is 1.70. The summed E-state index contributed by atoms with van der Waals surface area (Å²) >= 11 is 0. The standard InChI is InChI=1S/C13H24N2/c1-2-5-11(6-3-1)13-10-15-8-4-7-12(15)9-14-13/h11-14H,1-10H2/t12-,13-/m1/s1. The van der Waals surface area contributed by atoms with Crippen LogP contribution in [0.1, 0.15) is 44.9 Å². The molecule has 2 heterocycles. The van der Waals surface area contributed by atoms with Crippen molar-refractivity contribution in [2.75, 3.05) is 19.6 Å². The van der Waals surface area contributed by atoms with Crippen molar-refractivity contribution in [3.8, 4) is 0 Å². The molecule has 86 valence electrons. The first kappa shape index (κ1) is 10.1. The molecule has 1 N–H and O–H groups in total. The highest BCUT2D eigenvalue weighted by Gasteiger charge is 2.34. The molecule has 0 aromatic rings. The number of nitrogens with one attached hydrogen (secondary N) is 1. The number of piperazine rings is 1. The van der Waals surface area contributed by atoms with Crippen molar-refractivity contribution in [2.45, 2.75) is 57.0 Å². The fourth-order valence-electron chi connectivity index (χ4n) is 3.82. The first-order valence-corrected chi connectivity index (χ1v) is 6.91. The van der Waals surface area contributed by atoms with Gasteiger partial charge >= 0.3 is 0 Å². The maximum absolute atomic E-state index is 3.82. The summed E-state index contributed by atoms with van der Waals surface area (Å²) in [5.41, 5.74) is 0. The summed E-state index contributed by atoms with van der Waals surface area (Å²) in [6.45, 7) is 3.98. The first-order chi connectivity index (χ1) is 7.43. The zero-order valence-corrected chi connectivity index (χ0v) is 9.75. The molecule has 2 atom stereocenters. The lowest BCUT2D eigenvalue weighted by molar-refractivity contribution is 0.127. The molecular weight excluding hydrogens is 184 g/mol. The largest absolute Gasteiger partial charge is 0.311 e. The molecule has 2 aliphatic heterocycles. The minimum absolute atomic E-state index is 0.819. The summed E-state index contributed by atoms with van der Waals surface area (Å²) in [5, 5.41) is 3.82. The molecule has 2 heteroatoms. The number of nitrogens with zero attached hydrogens (tertiary/aromatic N) is 1. The minimum atomic E-state index is 0.819. The molecule has 2 saturated heterocycles. The van der Waals surface area contributed by atoms with Crippen LogP contribution in [-0.4, -0.2) is 36.6 Å². The van der Waals surface area contributed by atoms with Crippen molar-refractivity contribution < 1.29 is 0 Å². The third-order valence-corrected chi connectivity index (χ3v) is 4.76. The predicted octanol–water partition coefficient (Wildman–Crippen LogP) is 2.00. The van der Waals surface area contributed by atoms with Gasteiger partial charge in [0.05, 0.1) is 0 Å². The van der Waals surface area contributed by atoms with Crippen LogP contribution in [0.4, 0.5) is 0 Å². The van der Waals surface area contributed by atoms with Crippen molar-refractivity contribution in [2.24, 2.45) is 5.92 Å².